The molecule has 2 N–H and O–H groups in total. The molecule has 120 valence electrons. The van der Waals surface area contributed by atoms with Gasteiger partial charge in [0, 0.05) is 10.9 Å². The Bertz CT molecular complexity index is 773. The van der Waals surface area contributed by atoms with E-state index in [-0.39, 0.29) is 16.5 Å². The van der Waals surface area contributed by atoms with Crippen LogP contribution in [0.15, 0.2) is 30.3 Å². The second-order valence-electron chi connectivity index (χ2n) is 4.44. The van der Waals surface area contributed by atoms with Gasteiger partial charge in [0.1, 0.15) is 10.7 Å². The maximum absolute atomic E-state index is 11.7. The Balaban J connectivity index is 2.18. The van der Waals surface area contributed by atoms with Gasteiger partial charge in [-0.25, -0.2) is 4.79 Å². The highest BCUT2D eigenvalue weighted by Crippen LogP contribution is 2.29. The molecule has 2 aromatic rings. The van der Waals surface area contributed by atoms with E-state index in [0.29, 0.717) is 10.6 Å². The lowest BCUT2D eigenvalue weighted by atomic mass is 10.3. The van der Waals surface area contributed by atoms with Crippen LogP contribution in [0, 0.1) is 17.0 Å². The quantitative estimate of drug-likeness (QED) is 0.376. The molecule has 0 atom stereocenters. The van der Waals surface area contributed by atoms with Gasteiger partial charge in [0.05, 0.1) is 17.6 Å². The molecule has 0 amide bonds. The number of nitro groups is 1. The van der Waals surface area contributed by atoms with E-state index in [4.69, 9.17) is 17.0 Å². The van der Waals surface area contributed by atoms with Gasteiger partial charge < -0.3 is 15.4 Å². The number of nitrogens with one attached hydrogen (secondary N) is 2. The molecular formula is C14H13N3O4S2. The summed E-state index contributed by atoms with van der Waals surface area (Å²) in [4.78, 5) is 23.1. The number of hydrogen-bond acceptors (Lipinski definition) is 6. The van der Waals surface area contributed by atoms with Gasteiger partial charge in [0.15, 0.2) is 5.11 Å². The maximum atomic E-state index is 11.7. The molecule has 0 radical (unpaired) electrons. The zero-order chi connectivity index (χ0) is 17.0. The van der Waals surface area contributed by atoms with Gasteiger partial charge in [-0.1, -0.05) is 12.1 Å². The summed E-state index contributed by atoms with van der Waals surface area (Å²) in [6.07, 6.45) is 0. The van der Waals surface area contributed by atoms with Crippen molar-refractivity contribution >= 4 is 51.0 Å². The normalized spacial score (nSPS) is 10.0. The van der Waals surface area contributed by atoms with E-state index in [1.165, 1.54) is 24.5 Å². The van der Waals surface area contributed by atoms with E-state index < -0.39 is 10.9 Å². The first-order valence-corrected chi connectivity index (χ1v) is 7.65. The number of benzene rings is 1. The first-order valence-electron chi connectivity index (χ1n) is 6.42. The number of thiocarbonyl (C=S) groups is 1. The maximum Gasteiger partial charge on any atom is 0.340 e. The molecule has 0 aliphatic rings. The third-order valence-electron chi connectivity index (χ3n) is 2.84. The number of carbonyl (C=O) groups excluding carboxylic acids is 1. The summed E-state index contributed by atoms with van der Waals surface area (Å²) < 4.78 is 4.72. The minimum atomic E-state index is -0.500. The molecular weight excluding hydrogens is 338 g/mol. The van der Waals surface area contributed by atoms with Crippen molar-refractivity contribution in [3.05, 3.63) is 50.9 Å². The van der Waals surface area contributed by atoms with Crippen molar-refractivity contribution in [1.82, 2.24) is 0 Å². The highest BCUT2D eigenvalue weighted by Gasteiger charge is 2.18. The van der Waals surface area contributed by atoms with Gasteiger partial charge in [-0.2, -0.15) is 0 Å². The fraction of sp³-hybridized carbons (Fsp3) is 0.143. The van der Waals surface area contributed by atoms with E-state index in [9.17, 15) is 14.9 Å². The van der Waals surface area contributed by atoms with Crippen molar-refractivity contribution in [3.63, 3.8) is 0 Å². The van der Waals surface area contributed by atoms with Crippen LogP contribution >= 0.6 is 23.6 Å². The highest BCUT2D eigenvalue weighted by molar-refractivity contribution is 7.80. The number of nitrogens with zero attached hydrogens (tertiary/aromatic N) is 1. The Morgan fingerprint density at radius 3 is 2.70 bits per heavy atom. The van der Waals surface area contributed by atoms with Crippen LogP contribution in [0.5, 0.6) is 0 Å². The zero-order valence-corrected chi connectivity index (χ0v) is 13.9. The summed E-state index contributed by atoms with van der Waals surface area (Å²) in [5.41, 5.74) is 0.539. The number of esters is 1. The van der Waals surface area contributed by atoms with E-state index in [0.717, 1.165) is 4.88 Å². The summed E-state index contributed by atoms with van der Waals surface area (Å²) in [5, 5.41) is 17.3. The van der Waals surface area contributed by atoms with Crippen LogP contribution in [0.1, 0.15) is 15.2 Å². The van der Waals surface area contributed by atoms with Crippen LogP contribution in [-0.2, 0) is 4.74 Å². The number of hydrogen-bond donors (Lipinski definition) is 2. The largest absolute Gasteiger partial charge is 0.465 e. The van der Waals surface area contributed by atoms with E-state index in [1.807, 2.05) is 6.92 Å². The Morgan fingerprint density at radius 2 is 2.04 bits per heavy atom. The minimum Gasteiger partial charge on any atom is -0.465 e. The molecule has 0 fully saturated rings. The van der Waals surface area contributed by atoms with Gasteiger partial charge in [-0.05, 0) is 31.3 Å². The smallest absolute Gasteiger partial charge is 0.340 e. The Labute approximate surface area is 141 Å². The highest BCUT2D eigenvalue weighted by atomic mass is 32.1. The molecule has 23 heavy (non-hydrogen) atoms. The minimum absolute atomic E-state index is 0.0906. The lowest BCUT2D eigenvalue weighted by Crippen LogP contribution is -2.20. The van der Waals surface area contributed by atoms with Gasteiger partial charge in [-0.3, -0.25) is 10.1 Å². The molecule has 0 saturated carbocycles. The number of nitro benzene ring substituents is 1. The molecule has 0 unspecified atom stereocenters. The van der Waals surface area contributed by atoms with Crippen LogP contribution in [0.4, 0.5) is 16.4 Å². The molecule has 7 nitrogen and oxygen atoms in total. The summed E-state index contributed by atoms with van der Waals surface area (Å²) in [5.74, 6) is -0.481. The van der Waals surface area contributed by atoms with E-state index in [2.05, 4.69) is 10.6 Å². The Hall–Kier alpha value is -2.52. The molecule has 0 aliphatic heterocycles. The molecule has 0 saturated heterocycles. The van der Waals surface area contributed by atoms with Crippen LogP contribution in [-0.4, -0.2) is 23.1 Å². The predicted octanol–water partition coefficient (Wildman–Crippen LogP) is 3.56. The van der Waals surface area contributed by atoms with Crippen LogP contribution in [0.25, 0.3) is 0 Å². The standard InChI is InChI=1S/C14H13N3O4S2/c1-8-7-9(13(18)21-2)12(23-8)16-14(22)15-10-5-3-4-6-11(10)17(19)20/h3-7H,1-2H3,(H2,15,16,22). The molecule has 0 aliphatic carbocycles. The van der Waals surface area contributed by atoms with Crippen LogP contribution < -0.4 is 10.6 Å². The van der Waals surface area contributed by atoms with E-state index >= 15 is 0 Å². The SMILES string of the molecule is COC(=O)c1cc(C)sc1NC(=S)Nc1ccccc1[N+](=O)[O-]. The van der Waals surface area contributed by atoms with Crippen molar-refractivity contribution in [2.24, 2.45) is 0 Å². The molecule has 1 heterocycles. The summed E-state index contributed by atoms with van der Waals surface area (Å²) >= 11 is 6.50. The summed E-state index contributed by atoms with van der Waals surface area (Å²) in [6.45, 7) is 1.85. The van der Waals surface area contributed by atoms with Crippen LogP contribution in [0.3, 0.4) is 0 Å². The molecule has 9 heteroatoms. The Kier molecular flexibility index (Phi) is 5.24. The number of rotatable bonds is 4. The molecule has 2 rings (SSSR count). The number of anilines is 2. The lowest BCUT2D eigenvalue weighted by molar-refractivity contribution is -0.383. The summed E-state index contributed by atoms with van der Waals surface area (Å²) in [6, 6.07) is 7.84. The summed E-state index contributed by atoms with van der Waals surface area (Å²) in [7, 11) is 1.29. The van der Waals surface area contributed by atoms with Crippen molar-refractivity contribution in [1.29, 1.82) is 0 Å². The van der Waals surface area contributed by atoms with Gasteiger partial charge >= 0.3 is 5.97 Å². The number of ether oxygens (including phenoxy) is 1. The fourth-order valence-electron chi connectivity index (χ4n) is 1.86. The van der Waals surface area contributed by atoms with Gasteiger partial charge in [0.2, 0.25) is 0 Å². The number of aryl methyl sites for hydroxylation is 1. The van der Waals surface area contributed by atoms with Crippen molar-refractivity contribution in [2.45, 2.75) is 6.92 Å². The number of para-hydroxylation sites is 2. The average Bonchev–Trinajstić information content (AvgIpc) is 2.87. The topological polar surface area (TPSA) is 93.5 Å². The van der Waals surface area contributed by atoms with E-state index in [1.54, 1.807) is 24.3 Å². The second-order valence-corrected chi connectivity index (χ2v) is 6.11. The first-order chi connectivity index (χ1) is 10.9. The second kappa shape index (κ2) is 7.16. The lowest BCUT2D eigenvalue weighted by Gasteiger charge is -2.10. The first kappa shape index (κ1) is 16.8. The number of carbonyl (C=O) groups is 1. The third-order valence-corrected chi connectivity index (χ3v) is 4.01. The van der Waals surface area contributed by atoms with Gasteiger partial charge in [0.25, 0.3) is 5.69 Å². The van der Waals surface area contributed by atoms with Gasteiger partial charge in [-0.15, -0.1) is 11.3 Å². The Morgan fingerprint density at radius 1 is 1.35 bits per heavy atom. The van der Waals surface area contributed by atoms with Crippen LogP contribution in [0.2, 0.25) is 0 Å². The zero-order valence-electron chi connectivity index (χ0n) is 12.3. The van der Waals surface area contributed by atoms with Crippen molar-refractivity contribution in [3.8, 4) is 0 Å². The monoisotopic (exact) mass is 351 g/mol. The number of methoxy groups -OCH3 is 1. The van der Waals surface area contributed by atoms with Crippen molar-refractivity contribution in [2.75, 3.05) is 17.7 Å². The molecule has 0 spiro atoms. The predicted molar refractivity (Wildman–Crippen MR) is 93.3 cm³/mol. The molecule has 1 aromatic heterocycles. The number of thiophene rings is 1. The average molecular weight is 351 g/mol. The fourth-order valence-corrected chi connectivity index (χ4v) is 3.04. The third kappa shape index (κ3) is 4.02. The molecule has 0 bridgehead atoms. The molecule has 1 aromatic carbocycles. The van der Waals surface area contributed by atoms with Crippen molar-refractivity contribution < 1.29 is 14.5 Å².